The standard InChI is InChI=1S/C18H22ClN3O2/c19-14-10-13-12(6-7-21-17(13)23)9-16(14)22-18(24)15(20)8-11-4-2-1-3-5-11/h6-7,9-11,15H,1-5,8,20H2,(H,21,23)(H,22,24)/t15-/m1/s1. The quantitative estimate of drug-likeness (QED) is 0.791. The van der Waals surface area contributed by atoms with E-state index < -0.39 is 6.04 Å². The van der Waals surface area contributed by atoms with E-state index in [1.54, 1.807) is 24.4 Å². The summed E-state index contributed by atoms with van der Waals surface area (Å²) >= 11 is 6.21. The number of benzene rings is 1. The minimum atomic E-state index is -0.543. The Kier molecular flexibility index (Phi) is 5.21. The van der Waals surface area contributed by atoms with Crippen LogP contribution >= 0.6 is 11.6 Å². The number of fused-ring (bicyclic) bond motifs is 1. The zero-order valence-electron chi connectivity index (χ0n) is 13.5. The number of rotatable bonds is 4. The highest BCUT2D eigenvalue weighted by atomic mass is 35.5. The summed E-state index contributed by atoms with van der Waals surface area (Å²) in [5.41, 5.74) is 6.35. The van der Waals surface area contributed by atoms with Gasteiger partial charge in [-0.05, 0) is 35.9 Å². The van der Waals surface area contributed by atoms with Gasteiger partial charge in [0.2, 0.25) is 5.91 Å². The molecule has 1 aromatic carbocycles. The van der Waals surface area contributed by atoms with E-state index in [2.05, 4.69) is 10.3 Å². The molecule has 1 fully saturated rings. The molecule has 1 aliphatic carbocycles. The van der Waals surface area contributed by atoms with E-state index in [-0.39, 0.29) is 11.5 Å². The third-order valence-corrected chi connectivity index (χ3v) is 5.08. The van der Waals surface area contributed by atoms with Gasteiger partial charge in [0, 0.05) is 11.6 Å². The average Bonchev–Trinajstić information content (AvgIpc) is 2.57. The predicted molar refractivity (Wildman–Crippen MR) is 97.4 cm³/mol. The summed E-state index contributed by atoms with van der Waals surface area (Å²) in [5, 5.41) is 4.35. The summed E-state index contributed by atoms with van der Waals surface area (Å²) in [6.07, 6.45) is 8.31. The molecule has 0 bridgehead atoms. The second-order valence-corrected chi connectivity index (χ2v) is 6.97. The van der Waals surface area contributed by atoms with Crippen LogP contribution in [0, 0.1) is 5.92 Å². The fourth-order valence-corrected chi connectivity index (χ4v) is 3.63. The van der Waals surface area contributed by atoms with Gasteiger partial charge in [0.1, 0.15) is 0 Å². The molecule has 3 rings (SSSR count). The van der Waals surface area contributed by atoms with E-state index in [9.17, 15) is 9.59 Å². The van der Waals surface area contributed by atoms with E-state index in [1.807, 2.05) is 0 Å². The Bertz CT molecular complexity index is 796. The summed E-state index contributed by atoms with van der Waals surface area (Å²) < 4.78 is 0. The first-order chi connectivity index (χ1) is 11.5. The number of aromatic nitrogens is 1. The maximum atomic E-state index is 12.4. The summed E-state index contributed by atoms with van der Waals surface area (Å²) in [7, 11) is 0. The van der Waals surface area contributed by atoms with E-state index >= 15 is 0 Å². The monoisotopic (exact) mass is 347 g/mol. The number of hydrogen-bond donors (Lipinski definition) is 3. The van der Waals surface area contributed by atoms with Crippen molar-refractivity contribution in [3.8, 4) is 0 Å². The van der Waals surface area contributed by atoms with E-state index in [1.165, 1.54) is 19.3 Å². The molecule has 6 heteroatoms. The summed E-state index contributed by atoms with van der Waals surface area (Å²) in [6.45, 7) is 0. The molecule has 1 atom stereocenters. The normalized spacial score (nSPS) is 16.9. The van der Waals surface area contributed by atoms with Gasteiger partial charge in [0.15, 0.2) is 0 Å². The molecule has 0 aliphatic heterocycles. The van der Waals surface area contributed by atoms with Crippen molar-refractivity contribution in [2.45, 2.75) is 44.6 Å². The first kappa shape index (κ1) is 17.0. The van der Waals surface area contributed by atoms with Crippen LogP contribution in [0.25, 0.3) is 10.8 Å². The van der Waals surface area contributed by atoms with Crippen molar-refractivity contribution in [3.63, 3.8) is 0 Å². The molecular formula is C18H22ClN3O2. The van der Waals surface area contributed by atoms with Gasteiger partial charge in [-0.15, -0.1) is 0 Å². The number of H-pyrrole nitrogens is 1. The van der Waals surface area contributed by atoms with Gasteiger partial charge in [-0.2, -0.15) is 0 Å². The fraction of sp³-hybridized carbons (Fsp3) is 0.444. The highest BCUT2D eigenvalue weighted by Crippen LogP contribution is 2.29. The number of hydrogen-bond acceptors (Lipinski definition) is 3. The Balaban J connectivity index is 1.72. The minimum absolute atomic E-state index is 0.207. The van der Waals surface area contributed by atoms with Crippen LogP contribution in [-0.4, -0.2) is 16.9 Å². The summed E-state index contributed by atoms with van der Waals surface area (Å²) in [5.74, 6) is 0.303. The van der Waals surface area contributed by atoms with Gasteiger partial charge < -0.3 is 16.0 Å². The van der Waals surface area contributed by atoms with Crippen molar-refractivity contribution < 1.29 is 4.79 Å². The number of carbonyl (C=O) groups excluding carboxylic acids is 1. The molecule has 128 valence electrons. The Morgan fingerprint density at radius 1 is 1.33 bits per heavy atom. The molecule has 24 heavy (non-hydrogen) atoms. The summed E-state index contributed by atoms with van der Waals surface area (Å²) in [6, 6.07) is 4.50. The van der Waals surface area contributed by atoms with Gasteiger partial charge in [-0.3, -0.25) is 9.59 Å². The molecule has 2 aromatic rings. The minimum Gasteiger partial charge on any atom is -0.329 e. The lowest BCUT2D eigenvalue weighted by atomic mass is 9.85. The van der Waals surface area contributed by atoms with Crippen LogP contribution in [0.3, 0.4) is 0 Å². The van der Waals surface area contributed by atoms with Crippen molar-refractivity contribution in [1.82, 2.24) is 4.98 Å². The Morgan fingerprint density at radius 2 is 2.08 bits per heavy atom. The van der Waals surface area contributed by atoms with E-state index in [0.29, 0.717) is 28.4 Å². The molecule has 1 saturated carbocycles. The SMILES string of the molecule is N[C@H](CC1CCCCC1)C(=O)Nc1cc2cc[nH]c(=O)c2cc1Cl. The second kappa shape index (κ2) is 7.36. The third kappa shape index (κ3) is 3.79. The van der Waals surface area contributed by atoms with Crippen LogP contribution in [0.5, 0.6) is 0 Å². The number of pyridine rings is 1. The summed E-state index contributed by atoms with van der Waals surface area (Å²) in [4.78, 5) is 26.8. The van der Waals surface area contributed by atoms with Crippen LogP contribution in [0.4, 0.5) is 5.69 Å². The van der Waals surface area contributed by atoms with Crippen molar-refractivity contribution in [2.75, 3.05) is 5.32 Å². The molecule has 1 amide bonds. The highest BCUT2D eigenvalue weighted by molar-refractivity contribution is 6.34. The molecule has 1 heterocycles. The molecule has 0 radical (unpaired) electrons. The van der Waals surface area contributed by atoms with Crippen molar-refractivity contribution in [1.29, 1.82) is 0 Å². The molecule has 0 spiro atoms. The smallest absolute Gasteiger partial charge is 0.255 e. The number of carbonyl (C=O) groups is 1. The molecular weight excluding hydrogens is 326 g/mol. The van der Waals surface area contributed by atoms with Gasteiger partial charge in [-0.25, -0.2) is 0 Å². The largest absolute Gasteiger partial charge is 0.329 e. The lowest BCUT2D eigenvalue weighted by Crippen LogP contribution is -2.37. The van der Waals surface area contributed by atoms with Gasteiger partial charge in [0.05, 0.1) is 16.8 Å². The molecule has 0 saturated heterocycles. The number of nitrogens with two attached hydrogens (primary N) is 1. The first-order valence-corrected chi connectivity index (χ1v) is 8.80. The Morgan fingerprint density at radius 3 is 2.83 bits per heavy atom. The lowest BCUT2D eigenvalue weighted by Gasteiger charge is -2.24. The average molecular weight is 348 g/mol. The second-order valence-electron chi connectivity index (χ2n) is 6.56. The number of anilines is 1. The topological polar surface area (TPSA) is 88.0 Å². The molecule has 1 aliphatic rings. The van der Waals surface area contributed by atoms with Crippen molar-refractivity contribution >= 4 is 34.0 Å². The third-order valence-electron chi connectivity index (χ3n) is 4.77. The maximum Gasteiger partial charge on any atom is 0.255 e. The molecule has 0 unspecified atom stereocenters. The van der Waals surface area contributed by atoms with E-state index in [0.717, 1.165) is 18.2 Å². The maximum absolute atomic E-state index is 12.4. The van der Waals surface area contributed by atoms with Crippen molar-refractivity contribution in [2.24, 2.45) is 11.7 Å². The predicted octanol–water partition coefficient (Wildman–Crippen LogP) is 3.42. The number of nitrogens with one attached hydrogen (secondary N) is 2. The van der Waals surface area contributed by atoms with Crippen molar-refractivity contribution in [3.05, 3.63) is 39.8 Å². The Labute approximate surface area is 145 Å². The first-order valence-electron chi connectivity index (χ1n) is 8.42. The van der Waals surface area contributed by atoms with Crippen LogP contribution in [-0.2, 0) is 4.79 Å². The number of halogens is 1. The number of aromatic amines is 1. The zero-order valence-corrected chi connectivity index (χ0v) is 14.2. The van der Waals surface area contributed by atoms with Crippen LogP contribution in [0.2, 0.25) is 5.02 Å². The van der Waals surface area contributed by atoms with Crippen LogP contribution in [0.1, 0.15) is 38.5 Å². The van der Waals surface area contributed by atoms with Gasteiger partial charge in [0.25, 0.3) is 5.56 Å². The molecule has 1 aromatic heterocycles. The van der Waals surface area contributed by atoms with Crippen LogP contribution in [0.15, 0.2) is 29.2 Å². The van der Waals surface area contributed by atoms with E-state index in [4.69, 9.17) is 17.3 Å². The van der Waals surface area contributed by atoms with Crippen LogP contribution < -0.4 is 16.6 Å². The molecule has 4 N–H and O–H groups in total. The van der Waals surface area contributed by atoms with Gasteiger partial charge >= 0.3 is 0 Å². The fourth-order valence-electron chi connectivity index (χ4n) is 3.42. The lowest BCUT2D eigenvalue weighted by molar-refractivity contribution is -0.117. The highest BCUT2D eigenvalue weighted by Gasteiger charge is 2.22. The number of amides is 1. The zero-order chi connectivity index (χ0) is 17.1. The van der Waals surface area contributed by atoms with Gasteiger partial charge in [-0.1, -0.05) is 43.7 Å². The Hall–Kier alpha value is -1.85. The molecule has 5 nitrogen and oxygen atoms in total.